The van der Waals surface area contributed by atoms with Crippen LogP contribution in [0.5, 0.6) is 0 Å². The van der Waals surface area contributed by atoms with Gasteiger partial charge in [0.25, 0.3) is 0 Å². The summed E-state index contributed by atoms with van der Waals surface area (Å²) in [6, 6.07) is 12.4. The number of aliphatic hydroxyl groups excluding tert-OH is 1. The minimum Gasteiger partial charge on any atom is -0.399 e. The lowest BCUT2D eigenvalue weighted by Gasteiger charge is -2.29. The van der Waals surface area contributed by atoms with Gasteiger partial charge in [-0.15, -0.1) is 0 Å². The highest BCUT2D eigenvalue weighted by molar-refractivity contribution is 5.72. The molecule has 3 N–H and O–H groups in total. The molecule has 0 aliphatic carbocycles. The van der Waals surface area contributed by atoms with E-state index in [1.165, 1.54) is 22.4 Å². The zero-order chi connectivity index (χ0) is 16.1. The van der Waals surface area contributed by atoms with Gasteiger partial charge in [-0.25, -0.2) is 0 Å². The third kappa shape index (κ3) is 3.80. The van der Waals surface area contributed by atoms with Crippen LogP contribution in [0, 0.1) is 20.8 Å². The first-order chi connectivity index (χ1) is 10.5. The number of aliphatic hydroxyl groups is 1. The number of nitrogen functional groups attached to an aromatic ring is 1. The van der Waals surface area contributed by atoms with Gasteiger partial charge in [-0.2, -0.15) is 0 Å². The SMILES string of the molecule is Cc1cc(C)c(N(CCCCO)c2cccc(N)c2)c(C)c1. The van der Waals surface area contributed by atoms with Crippen molar-refractivity contribution < 1.29 is 5.11 Å². The van der Waals surface area contributed by atoms with Gasteiger partial charge >= 0.3 is 0 Å². The van der Waals surface area contributed by atoms with E-state index >= 15 is 0 Å². The fourth-order valence-corrected chi connectivity index (χ4v) is 3.04. The van der Waals surface area contributed by atoms with Gasteiger partial charge in [-0.1, -0.05) is 23.8 Å². The van der Waals surface area contributed by atoms with Crippen LogP contribution in [0.25, 0.3) is 0 Å². The van der Waals surface area contributed by atoms with E-state index in [2.05, 4.69) is 43.9 Å². The van der Waals surface area contributed by atoms with E-state index in [4.69, 9.17) is 10.8 Å². The number of anilines is 3. The average molecular weight is 298 g/mol. The molecule has 0 heterocycles. The maximum absolute atomic E-state index is 9.07. The quantitative estimate of drug-likeness (QED) is 0.623. The molecule has 0 aliphatic heterocycles. The van der Waals surface area contributed by atoms with Crippen LogP contribution >= 0.6 is 0 Å². The maximum atomic E-state index is 9.07. The Morgan fingerprint density at radius 3 is 2.27 bits per heavy atom. The molecule has 0 aromatic heterocycles. The van der Waals surface area contributed by atoms with E-state index in [9.17, 15) is 0 Å². The zero-order valence-corrected chi connectivity index (χ0v) is 13.8. The molecule has 2 aromatic rings. The summed E-state index contributed by atoms with van der Waals surface area (Å²) in [4.78, 5) is 2.32. The summed E-state index contributed by atoms with van der Waals surface area (Å²) >= 11 is 0. The van der Waals surface area contributed by atoms with Crippen molar-refractivity contribution in [3.8, 4) is 0 Å². The molecule has 0 saturated carbocycles. The lowest BCUT2D eigenvalue weighted by molar-refractivity contribution is 0.285. The summed E-state index contributed by atoms with van der Waals surface area (Å²) in [5.74, 6) is 0. The van der Waals surface area contributed by atoms with Crippen LogP contribution in [-0.2, 0) is 0 Å². The van der Waals surface area contributed by atoms with Gasteiger partial charge in [0.1, 0.15) is 0 Å². The molecule has 118 valence electrons. The number of benzene rings is 2. The van der Waals surface area contributed by atoms with Gasteiger partial charge in [0.15, 0.2) is 0 Å². The summed E-state index contributed by atoms with van der Waals surface area (Å²) in [6.45, 7) is 7.53. The monoisotopic (exact) mass is 298 g/mol. The van der Waals surface area contributed by atoms with Crippen LogP contribution in [0.2, 0.25) is 0 Å². The van der Waals surface area contributed by atoms with Crippen LogP contribution < -0.4 is 10.6 Å². The maximum Gasteiger partial charge on any atom is 0.0470 e. The third-order valence-corrected chi connectivity index (χ3v) is 3.88. The first kappa shape index (κ1) is 16.4. The third-order valence-electron chi connectivity index (χ3n) is 3.88. The molecule has 2 rings (SSSR count). The minimum atomic E-state index is 0.233. The van der Waals surface area contributed by atoms with Gasteiger partial charge in [-0.3, -0.25) is 0 Å². The molecular weight excluding hydrogens is 272 g/mol. The molecule has 0 unspecified atom stereocenters. The van der Waals surface area contributed by atoms with Crippen LogP contribution in [0.1, 0.15) is 29.5 Å². The lowest BCUT2D eigenvalue weighted by Crippen LogP contribution is -2.21. The molecule has 3 nitrogen and oxygen atoms in total. The van der Waals surface area contributed by atoms with Gasteiger partial charge in [0.05, 0.1) is 0 Å². The van der Waals surface area contributed by atoms with Gasteiger partial charge in [0.2, 0.25) is 0 Å². The van der Waals surface area contributed by atoms with Crippen LogP contribution in [-0.4, -0.2) is 18.3 Å². The van der Waals surface area contributed by atoms with Crippen molar-refractivity contribution in [1.29, 1.82) is 0 Å². The van der Waals surface area contributed by atoms with Gasteiger partial charge in [0, 0.05) is 30.2 Å². The number of hydrogen-bond acceptors (Lipinski definition) is 3. The van der Waals surface area contributed by atoms with Crippen molar-refractivity contribution in [1.82, 2.24) is 0 Å². The summed E-state index contributed by atoms with van der Waals surface area (Å²) in [5, 5.41) is 9.07. The van der Waals surface area contributed by atoms with E-state index in [1.807, 2.05) is 18.2 Å². The van der Waals surface area contributed by atoms with E-state index < -0.39 is 0 Å². The summed E-state index contributed by atoms with van der Waals surface area (Å²) in [7, 11) is 0. The molecule has 2 aromatic carbocycles. The molecule has 0 fully saturated rings. The van der Waals surface area contributed by atoms with Crippen molar-refractivity contribution in [2.24, 2.45) is 0 Å². The molecular formula is C19H26N2O. The van der Waals surface area contributed by atoms with Crippen molar-refractivity contribution in [2.45, 2.75) is 33.6 Å². The molecule has 22 heavy (non-hydrogen) atoms. The number of aryl methyl sites for hydroxylation is 3. The molecule has 0 amide bonds. The topological polar surface area (TPSA) is 49.5 Å². The highest BCUT2D eigenvalue weighted by atomic mass is 16.2. The molecule has 0 spiro atoms. The molecule has 0 bridgehead atoms. The molecule has 3 heteroatoms. The number of nitrogens with zero attached hydrogens (tertiary/aromatic N) is 1. The van der Waals surface area contributed by atoms with Crippen LogP contribution in [0.4, 0.5) is 17.1 Å². The lowest BCUT2D eigenvalue weighted by atomic mass is 10.0. The van der Waals surface area contributed by atoms with Crippen molar-refractivity contribution in [3.05, 3.63) is 53.1 Å². The Morgan fingerprint density at radius 2 is 1.68 bits per heavy atom. The van der Waals surface area contributed by atoms with Crippen molar-refractivity contribution in [3.63, 3.8) is 0 Å². The van der Waals surface area contributed by atoms with Gasteiger partial charge < -0.3 is 15.7 Å². The standard InChI is InChI=1S/C19H26N2O/c1-14-11-15(2)19(16(3)12-14)21(9-4-5-10-22)18-8-6-7-17(20)13-18/h6-8,11-13,22H,4-5,9-10,20H2,1-3H3. The smallest absolute Gasteiger partial charge is 0.0470 e. The van der Waals surface area contributed by atoms with E-state index in [-0.39, 0.29) is 6.61 Å². The highest BCUT2D eigenvalue weighted by Gasteiger charge is 2.14. The van der Waals surface area contributed by atoms with E-state index in [0.717, 1.165) is 30.8 Å². The Balaban J connectivity index is 2.44. The number of nitrogens with two attached hydrogens (primary N) is 1. The summed E-state index contributed by atoms with van der Waals surface area (Å²) in [5.41, 5.74) is 12.9. The zero-order valence-electron chi connectivity index (χ0n) is 13.8. The molecule has 0 radical (unpaired) electrons. The first-order valence-corrected chi connectivity index (χ1v) is 7.84. The van der Waals surface area contributed by atoms with Crippen molar-refractivity contribution >= 4 is 17.1 Å². The second-order valence-corrected chi connectivity index (χ2v) is 5.92. The predicted octanol–water partition coefficient (Wildman–Crippen LogP) is 4.10. The Bertz CT molecular complexity index is 614. The fourth-order valence-electron chi connectivity index (χ4n) is 3.04. The summed E-state index contributed by atoms with van der Waals surface area (Å²) in [6.07, 6.45) is 1.75. The Kier molecular flexibility index (Phi) is 5.45. The first-order valence-electron chi connectivity index (χ1n) is 7.84. The average Bonchev–Trinajstić information content (AvgIpc) is 2.44. The highest BCUT2D eigenvalue weighted by Crippen LogP contribution is 2.33. The van der Waals surface area contributed by atoms with Gasteiger partial charge in [-0.05, 0) is 62.9 Å². The fraction of sp³-hybridized carbons (Fsp3) is 0.368. The van der Waals surface area contributed by atoms with E-state index in [0.29, 0.717) is 0 Å². The van der Waals surface area contributed by atoms with Crippen LogP contribution in [0.3, 0.4) is 0 Å². The number of rotatable bonds is 6. The number of hydrogen-bond donors (Lipinski definition) is 2. The Hall–Kier alpha value is -2.00. The minimum absolute atomic E-state index is 0.233. The Labute approximate surface area is 133 Å². The summed E-state index contributed by atoms with van der Waals surface area (Å²) < 4.78 is 0. The largest absolute Gasteiger partial charge is 0.399 e. The van der Waals surface area contributed by atoms with Crippen LogP contribution in [0.15, 0.2) is 36.4 Å². The van der Waals surface area contributed by atoms with E-state index in [1.54, 1.807) is 0 Å². The van der Waals surface area contributed by atoms with Crippen molar-refractivity contribution in [2.75, 3.05) is 23.8 Å². The predicted molar refractivity (Wildman–Crippen MR) is 94.8 cm³/mol. The molecule has 0 saturated heterocycles. The normalized spacial score (nSPS) is 10.7. The molecule has 0 aliphatic rings. The second-order valence-electron chi connectivity index (χ2n) is 5.92. The number of unbranched alkanes of at least 4 members (excludes halogenated alkanes) is 1. The Morgan fingerprint density at radius 1 is 1.00 bits per heavy atom. The second kappa shape index (κ2) is 7.32. The molecule has 0 atom stereocenters.